The summed E-state index contributed by atoms with van der Waals surface area (Å²) >= 11 is 0. The fourth-order valence-corrected chi connectivity index (χ4v) is 4.77. The molecule has 2 aromatic carbocycles. The van der Waals surface area contributed by atoms with Crippen LogP contribution in [-0.2, 0) is 11.8 Å². The Morgan fingerprint density at radius 2 is 1.70 bits per heavy atom. The first-order chi connectivity index (χ1) is 17.9. The standard InChI is InChI=1S/C29H33FN4O3/c1-3-7-25(32-27(35)22-8-5-4-6-9-22)28(36)31-24-12-10-20(11-13-24)21-14-16-34(17-15-21)29(37)26-18-23(30)19-33(26)2/h4-6,8-13,18-19,21,25H,3,7,14-17H2,1-2H3,(H,31,36)(H,32,35)/t25-/m0/s1. The summed E-state index contributed by atoms with van der Waals surface area (Å²) in [5.74, 6) is -0.775. The number of amides is 3. The van der Waals surface area contributed by atoms with Crippen LogP contribution in [0.5, 0.6) is 0 Å². The zero-order valence-electron chi connectivity index (χ0n) is 21.2. The zero-order chi connectivity index (χ0) is 26.4. The van der Waals surface area contributed by atoms with E-state index < -0.39 is 11.9 Å². The normalized spacial score (nSPS) is 14.7. The fourth-order valence-electron chi connectivity index (χ4n) is 4.77. The predicted octanol–water partition coefficient (Wildman–Crippen LogP) is 4.72. The lowest BCUT2D eigenvalue weighted by molar-refractivity contribution is -0.118. The van der Waals surface area contributed by atoms with Gasteiger partial charge in [-0.25, -0.2) is 4.39 Å². The number of aryl methyl sites for hydroxylation is 1. The first-order valence-electron chi connectivity index (χ1n) is 12.7. The van der Waals surface area contributed by atoms with Crippen LogP contribution in [0.25, 0.3) is 0 Å². The lowest BCUT2D eigenvalue weighted by Gasteiger charge is -2.32. The van der Waals surface area contributed by atoms with Crippen molar-refractivity contribution in [1.29, 1.82) is 0 Å². The van der Waals surface area contributed by atoms with Gasteiger partial charge in [0.15, 0.2) is 0 Å². The van der Waals surface area contributed by atoms with E-state index in [-0.39, 0.29) is 17.7 Å². The molecular formula is C29H33FN4O3. The van der Waals surface area contributed by atoms with Gasteiger partial charge >= 0.3 is 0 Å². The van der Waals surface area contributed by atoms with E-state index in [2.05, 4.69) is 10.6 Å². The molecular weight excluding hydrogens is 471 g/mol. The molecule has 0 aliphatic carbocycles. The van der Waals surface area contributed by atoms with Crippen molar-refractivity contribution in [3.63, 3.8) is 0 Å². The first kappa shape index (κ1) is 26.1. The van der Waals surface area contributed by atoms with Crippen LogP contribution in [0.15, 0.2) is 66.9 Å². The van der Waals surface area contributed by atoms with Crippen molar-refractivity contribution in [1.82, 2.24) is 14.8 Å². The zero-order valence-corrected chi connectivity index (χ0v) is 21.2. The minimum atomic E-state index is -0.628. The predicted molar refractivity (Wildman–Crippen MR) is 141 cm³/mol. The van der Waals surface area contributed by atoms with Crippen molar-refractivity contribution < 1.29 is 18.8 Å². The van der Waals surface area contributed by atoms with E-state index in [4.69, 9.17) is 0 Å². The highest BCUT2D eigenvalue weighted by Crippen LogP contribution is 2.29. The van der Waals surface area contributed by atoms with Crippen LogP contribution < -0.4 is 10.6 Å². The summed E-state index contributed by atoms with van der Waals surface area (Å²) in [6.45, 7) is 3.18. The molecule has 0 bridgehead atoms. The maximum absolute atomic E-state index is 13.5. The Balaban J connectivity index is 1.31. The van der Waals surface area contributed by atoms with E-state index in [9.17, 15) is 18.8 Å². The highest BCUT2D eigenvalue weighted by molar-refractivity contribution is 6.01. The van der Waals surface area contributed by atoms with E-state index in [1.807, 2.05) is 37.3 Å². The molecule has 1 aliphatic heterocycles. The smallest absolute Gasteiger partial charge is 0.270 e. The number of piperidine rings is 1. The second-order valence-electron chi connectivity index (χ2n) is 9.51. The van der Waals surface area contributed by atoms with Crippen LogP contribution in [0, 0.1) is 5.82 Å². The Hall–Kier alpha value is -3.94. The third-order valence-electron chi connectivity index (χ3n) is 6.86. The third-order valence-corrected chi connectivity index (χ3v) is 6.86. The van der Waals surface area contributed by atoms with Gasteiger partial charge in [-0.2, -0.15) is 0 Å². The first-order valence-corrected chi connectivity index (χ1v) is 12.7. The van der Waals surface area contributed by atoms with Crippen molar-refractivity contribution in [3.05, 3.63) is 89.5 Å². The van der Waals surface area contributed by atoms with Crippen LogP contribution >= 0.6 is 0 Å². The highest BCUT2D eigenvalue weighted by atomic mass is 19.1. The monoisotopic (exact) mass is 504 g/mol. The molecule has 0 radical (unpaired) electrons. The number of nitrogens with zero attached hydrogens (tertiary/aromatic N) is 2. The fraction of sp³-hybridized carbons (Fsp3) is 0.345. The molecule has 0 spiro atoms. The van der Waals surface area contributed by atoms with E-state index in [1.54, 1.807) is 36.2 Å². The summed E-state index contributed by atoms with van der Waals surface area (Å²) in [6, 6.07) is 17.3. The highest BCUT2D eigenvalue weighted by Gasteiger charge is 2.26. The Morgan fingerprint density at radius 3 is 2.30 bits per heavy atom. The molecule has 8 heteroatoms. The second kappa shape index (κ2) is 11.9. The summed E-state index contributed by atoms with van der Waals surface area (Å²) in [6.07, 6.45) is 4.23. The van der Waals surface area contributed by atoms with Gasteiger partial charge in [0, 0.05) is 43.7 Å². The van der Waals surface area contributed by atoms with Crippen molar-refractivity contribution in [3.8, 4) is 0 Å². The van der Waals surface area contributed by atoms with Crippen molar-refractivity contribution in [2.24, 2.45) is 7.05 Å². The van der Waals surface area contributed by atoms with Crippen molar-refractivity contribution in [2.75, 3.05) is 18.4 Å². The molecule has 1 fully saturated rings. The average molecular weight is 505 g/mol. The number of hydrogen-bond acceptors (Lipinski definition) is 3. The van der Waals surface area contributed by atoms with Crippen LogP contribution in [0.4, 0.5) is 10.1 Å². The maximum Gasteiger partial charge on any atom is 0.270 e. The van der Waals surface area contributed by atoms with Crippen LogP contribution in [0.3, 0.4) is 0 Å². The molecule has 3 amide bonds. The minimum Gasteiger partial charge on any atom is -0.344 e. The van der Waals surface area contributed by atoms with E-state index in [0.717, 1.165) is 24.8 Å². The number of benzene rings is 2. The van der Waals surface area contributed by atoms with E-state index in [0.29, 0.717) is 42.4 Å². The largest absolute Gasteiger partial charge is 0.344 e. The Labute approximate surface area is 216 Å². The second-order valence-corrected chi connectivity index (χ2v) is 9.51. The molecule has 1 atom stereocenters. The summed E-state index contributed by atoms with van der Waals surface area (Å²) in [5.41, 5.74) is 2.70. The molecule has 1 aromatic heterocycles. The molecule has 0 unspecified atom stereocenters. The lowest BCUT2D eigenvalue weighted by atomic mass is 9.89. The molecule has 2 heterocycles. The Bertz CT molecular complexity index is 1230. The molecule has 4 rings (SSSR count). The number of nitrogens with one attached hydrogen (secondary N) is 2. The van der Waals surface area contributed by atoms with Gasteiger partial charge in [0.1, 0.15) is 17.6 Å². The molecule has 194 valence electrons. The number of likely N-dealkylation sites (tertiary alicyclic amines) is 1. The summed E-state index contributed by atoms with van der Waals surface area (Å²) in [4.78, 5) is 40.0. The van der Waals surface area contributed by atoms with Crippen molar-refractivity contribution >= 4 is 23.4 Å². The van der Waals surface area contributed by atoms with Gasteiger partial charge < -0.3 is 20.1 Å². The topological polar surface area (TPSA) is 83.4 Å². The number of aromatic nitrogens is 1. The maximum atomic E-state index is 13.5. The lowest BCUT2D eigenvalue weighted by Crippen LogP contribution is -2.43. The molecule has 3 aromatic rings. The molecule has 0 saturated carbocycles. The van der Waals surface area contributed by atoms with Gasteiger partial charge in [0.25, 0.3) is 11.8 Å². The quantitative estimate of drug-likeness (QED) is 0.466. The molecule has 7 nitrogen and oxygen atoms in total. The van der Waals surface area contributed by atoms with Gasteiger partial charge in [-0.15, -0.1) is 0 Å². The third kappa shape index (κ3) is 6.44. The number of carbonyl (C=O) groups excluding carboxylic acids is 3. The summed E-state index contributed by atoms with van der Waals surface area (Å²) in [5, 5.41) is 5.76. The Morgan fingerprint density at radius 1 is 1.03 bits per heavy atom. The minimum absolute atomic E-state index is 0.149. The van der Waals surface area contributed by atoms with Gasteiger partial charge in [0.2, 0.25) is 5.91 Å². The molecule has 2 N–H and O–H groups in total. The van der Waals surface area contributed by atoms with E-state index >= 15 is 0 Å². The number of anilines is 1. The van der Waals surface area contributed by atoms with Gasteiger partial charge in [0.05, 0.1) is 0 Å². The van der Waals surface area contributed by atoms with Gasteiger partial charge in [-0.1, -0.05) is 43.7 Å². The van der Waals surface area contributed by atoms with E-state index in [1.165, 1.54) is 16.8 Å². The molecule has 1 saturated heterocycles. The Kier molecular flexibility index (Phi) is 8.38. The SMILES string of the molecule is CCC[C@H](NC(=O)c1ccccc1)C(=O)Nc1ccc(C2CCN(C(=O)c3cc(F)cn3C)CC2)cc1. The number of halogens is 1. The van der Waals surface area contributed by atoms with Gasteiger partial charge in [-0.3, -0.25) is 14.4 Å². The number of carbonyl (C=O) groups is 3. The molecule has 1 aliphatic rings. The average Bonchev–Trinajstić information content (AvgIpc) is 3.26. The summed E-state index contributed by atoms with van der Waals surface area (Å²) < 4.78 is 15.0. The summed E-state index contributed by atoms with van der Waals surface area (Å²) in [7, 11) is 1.67. The number of hydrogen-bond donors (Lipinski definition) is 2. The van der Waals surface area contributed by atoms with Crippen LogP contribution in [0.1, 0.15) is 64.9 Å². The molecule has 37 heavy (non-hydrogen) atoms. The number of rotatable bonds is 8. The van der Waals surface area contributed by atoms with Crippen LogP contribution in [-0.4, -0.2) is 46.3 Å². The van der Waals surface area contributed by atoms with Crippen molar-refractivity contribution in [2.45, 2.75) is 44.6 Å². The van der Waals surface area contributed by atoms with Crippen LogP contribution in [0.2, 0.25) is 0 Å². The van der Waals surface area contributed by atoms with Gasteiger partial charge in [-0.05, 0) is 55.0 Å².